The molecule has 3 heterocycles. The van der Waals surface area contributed by atoms with Crippen LogP contribution in [0.1, 0.15) is 9.67 Å². The van der Waals surface area contributed by atoms with Crippen LogP contribution in [0.25, 0.3) is 16.9 Å². The number of Topliss-reactive ketones (excluding diaryl/α,β-unsaturated/α-hetero) is 1. The van der Waals surface area contributed by atoms with Crippen LogP contribution in [0.5, 0.6) is 0 Å². The lowest BCUT2D eigenvalue weighted by Gasteiger charge is -2.00. The SMILES string of the molecule is O=C(Cn1nc2ccc(-c3ccc(Cl)cc3)nn2c1=O)c1ccc(Br)s1. The number of fused-ring (bicyclic) bond motifs is 1. The predicted octanol–water partition coefficient (Wildman–Crippen LogP) is 3.92. The molecule has 0 aliphatic rings. The van der Waals surface area contributed by atoms with Crippen LogP contribution in [0, 0.1) is 0 Å². The van der Waals surface area contributed by atoms with Gasteiger partial charge in [-0.25, -0.2) is 9.48 Å². The van der Waals surface area contributed by atoms with Gasteiger partial charge in [-0.15, -0.1) is 16.4 Å². The number of rotatable bonds is 4. The number of hydrogen-bond acceptors (Lipinski definition) is 5. The molecular weight excluding hydrogens is 440 g/mol. The zero-order valence-electron chi connectivity index (χ0n) is 13.1. The highest BCUT2D eigenvalue weighted by Gasteiger charge is 2.15. The number of ketones is 1. The molecule has 0 amide bonds. The molecule has 1 aromatic carbocycles. The largest absolute Gasteiger partial charge is 0.367 e. The minimum Gasteiger partial charge on any atom is -0.291 e. The number of benzene rings is 1. The Hall–Kier alpha value is -2.29. The maximum absolute atomic E-state index is 12.6. The van der Waals surface area contributed by atoms with Gasteiger partial charge in [0.2, 0.25) is 0 Å². The van der Waals surface area contributed by atoms with Gasteiger partial charge in [0.1, 0.15) is 6.54 Å². The minimum atomic E-state index is -0.459. The van der Waals surface area contributed by atoms with E-state index in [1.165, 1.54) is 15.9 Å². The van der Waals surface area contributed by atoms with Crippen molar-refractivity contribution in [3.8, 4) is 11.3 Å². The van der Waals surface area contributed by atoms with Crippen molar-refractivity contribution in [1.29, 1.82) is 0 Å². The first-order chi connectivity index (χ1) is 12.5. The van der Waals surface area contributed by atoms with E-state index in [4.69, 9.17) is 11.6 Å². The fraction of sp³-hybridized carbons (Fsp3) is 0.0588. The third-order valence-electron chi connectivity index (χ3n) is 3.72. The lowest BCUT2D eigenvalue weighted by molar-refractivity contribution is 0.0970. The van der Waals surface area contributed by atoms with Crippen LogP contribution in [0.2, 0.25) is 5.02 Å². The van der Waals surface area contributed by atoms with Crippen molar-refractivity contribution in [2.75, 3.05) is 0 Å². The summed E-state index contributed by atoms with van der Waals surface area (Å²) in [6.45, 7) is -0.134. The van der Waals surface area contributed by atoms with Gasteiger partial charge in [0.25, 0.3) is 0 Å². The van der Waals surface area contributed by atoms with Crippen molar-refractivity contribution < 1.29 is 4.79 Å². The molecule has 4 aromatic rings. The molecule has 0 saturated carbocycles. The molecule has 0 fully saturated rings. The van der Waals surface area contributed by atoms with Crippen molar-refractivity contribution in [2.24, 2.45) is 0 Å². The summed E-state index contributed by atoms with van der Waals surface area (Å²) in [5.74, 6) is -0.177. The van der Waals surface area contributed by atoms with Crippen molar-refractivity contribution in [3.63, 3.8) is 0 Å². The van der Waals surface area contributed by atoms with Gasteiger partial charge in [0.15, 0.2) is 11.4 Å². The lowest BCUT2D eigenvalue weighted by Crippen LogP contribution is -2.25. The van der Waals surface area contributed by atoms with Gasteiger partial charge < -0.3 is 0 Å². The lowest BCUT2D eigenvalue weighted by atomic mass is 10.1. The van der Waals surface area contributed by atoms with E-state index in [9.17, 15) is 9.59 Å². The molecule has 0 atom stereocenters. The third-order valence-corrected chi connectivity index (χ3v) is 5.64. The van der Waals surface area contributed by atoms with E-state index in [0.717, 1.165) is 14.0 Å². The Morgan fingerprint density at radius 1 is 1.08 bits per heavy atom. The smallest absolute Gasteiger partial charge is 0.291 e. The molecule has 0 spiro atoms. The summed E-state index contributed by atoms with van der Waals surface area (Å²) in [5, 5.41) is 9.15. The zero-order chi connectivity index (χ0) is 18.3. The normalized spacial score (nSPS) is 11.2. The molecule has 0 aliphatic carbocycles. The highest BCUT2D eigenvalue weighted by atomic mass is 79.9. The highest BCUT2D eigenvalue weighted by Crippen LogP contribution is 2.23. The average Bonchev–Trinajstić information content (AvgIpc) is 3.20. The molecule has 130 valence electrons. The van der Waals surface area contributed by atoms with Crippen molar-refractivity contribution >= 4 is 50.3 Å². The molecule has 0 saturated heterocycles. The van der Waals surface area contributed by atoms with Crippen LogP contribution in [-0.4, -0.2) is 25.2 Å². The highest BCUT2D eigenvalue weighted by molar-refractivity contribution is 9.11. The van der Waals surface area contributed by atoms with Crippen LogP contribution in [0.3, 0.4) is 0 Å². The Morgan fingerprint density at radius 2 is 1.85 bits per heavy atom. The Labute approximate surface area is 164 Å². The van der Waals surface area contributed by atoms with Crippen LogP contribution in [0.15, 0.2) is 57.1 Å². The van der Waals surface area contributed by atoms with Crippen molar-refractivity contribution in [3.05, 3.63) is 72.7 Å². The van der Waals surface area contributed by atoms with E-state index in [-0.39, 0.29) is 12.3 Å². The van der Waals surface area contributed by atoms with Gasteiger partial charge in [-0.1, -0.05) is 23.7 Å². The number of carbonyl (C=O) groups is 1. The zero-order valence-corrected chi connectivity index (χ0v) is 16.3. The third kappa shape index (κ3) is 3.23. The van der Waals surface area contributed by atoms with Crippen molar-refractivity contribution in [1.82, 2.24) is 19.4 Å². The monoisotopic (exact) mass is 448 g/mol. The summed E-state index contributed by atoms with van der Waals surface area (Å²) in [5.41, 5.74) is 1.37. The molecule has 0 bridgehead atoms. The molecule has 0 unspecified atom stereocenters. The predicted molar refractivity (Wildman–Crippen MR) is 104 cm³/mol. The topological polar surface area (TPSA) is 69.3 Å². The Kier molecular flexibility index (Phi) is 4.47. The van der Waals surface area contributed by atoms with E-state index in [1.807, 2.05) is 12.1 Å². The van der Waals surface area contributed by atoms with Gasteiger partial charge in [-0.2, -0.15) is 9.61 Å². The maximum atomic E-state index is 12.6. The number of nitrogens with zero attached hydrogens (tertiary/aromatic N) is 4. The quantitative estimate of drug-likeness (QED) is 0.443. The van der Waals surface area contributed by atoms with Crippen LogP contribution in [0.4, 0.5) is 0 Å². The summed E-state index contributed by atoms with van der Waals surface area (Å²) in [6.07, 6.45) is 0. The molecule has 0 N–H and O–H groups in total. The number of thiophene rings is 1. The van der Waals surface area contributed by atoms with Gasteiger partial charge in [-0.05, 0) is 52.3 Å². The summed E-state index contributed by atoms with van der Waals surface area (Å²) in [6, 6.07) is 14.1. The molecule has 6 nitrogen and oxygen atoms in total. The van der Waals surface area contributed by atoms with E-state index >= 15 is 0 Å². The Bertz CT molecular complexity index is 1180. The Morgan fingerprint density at radius 3 is 2.54 bits per heavy atom. The summed E-state index contributed by atoms with van der Waals surface area (Å²) in [4.78, 5) is 25.4. The van der Waals surface area contributed by atoms with Gasteiger partial charge in [0, 0.05) is 10.6 Å². The minimum absolute atomic E-state index is 0.134. The van der Waals surface area contributed by atoms with E-state index in [1.54, 1.807) is 36.4 Å². The molecular formula is C17H10BrClN4O2S. The summed E-state index contributed by atoms with van der Waals surface area (Å²) < 4.78 is 3.18. The first-order valence-corrected chi connectivity index (χ1v) is 9.51. The Balaban J connectivity index is 1.69. The summed E-state index contributed by atoms with van der Waals surface area (Å²) in [7, 11) is 0. The molecule has 0 radical (unpaired) electrons. The van der Waals surface area contributed by atoms with Crippen LogP contribution in [-0.2, 0) is 6.54 Å². The number of aromatic nitrogens is 4. The molecule has 3 aromatic heterocycles. The standard InChI is InChI=1S/C17H10BrClN4O2S/c18-15-7-6-14(26-15)13(24)9-22-17(25)23-16(21-22)8-5-12(20-23)10-1-3-11(19)4-2-10/h1-8H,9H2. The van der Waals surface area contributed by atoms with Crippen LogP contribution >= 0.6 is 38.9 Å². The van der Waals surface area contributed by atoms with Crippen LogP contribution < -0.4 is 5.69 Å². The second-order valence-electron chi connectivity index (χ2n) is 5.46. The summed E-state index contributed by atoms with van der Waals surface area (Å²) >= 11 is 10.5. The fourth-order valence-corrected chi connectivity index (χ4v) is 3.91. The number of hydrogen-bond donors (Lipinski definition) is 0. The second-order valence-corrected chi connectivity index (χ2v) is 8.36. The van der Waals surface area contributed by atoms with Crippen molar-refractivity contribution in [2.45, 2.75) is 6.54 Å². The fourth-order valence-electron chi connectivity index (χ4n) is 2.46. The number of carbonyl (C=O) groups excluding carboxylic acids is 1. The molecule has 4 rings (SSSR count). The maximum Gasteiger partial charge on any atom is 0.367 e. The van der Waals surface area contributed by atoms with E-state index in [2.05, 4.69) is 26.1 Å². The van der Waals surface area contributed by atoms with Gasteiger partial charge >= 0.3 is 5.69 Å². The first-order valence-electron chi connectivity index (χ1n) is 7.53. The second kappa shape index (κ2) is 6.79. The van der Waals surface area contributed by atoms with E-state index < -0.39 is 5.69 Å². The first kappa shape index (κ1) is 17.1. The van der Waals surface area contributed by atoms with E-state index in [0.29, 0.717) is 21.2 Å². The number of halogens is 2. The van der Waals surface area contributed by atoms with Gasteiger partial charge in [0.05, 0.1) is 14.4 Å². The van der Waals surface area contributed by atoms with Gasteiger partial charge in [-0.3, -0.25) is 4.79 Å². The molecule has 9 heteroatoms. The average molecular weight is 450 g/mol. The molecule has 0 aliphatic heterocycles. The molecule has 26 heavy (non-hydrogen) atoms.